The molecular weight excluding hydrogens is 310 g/mol. The highest BCUT2D eigenvalue weighted by molar-refractivity contribution is 6.31. The van der Waals surface area contributed by atoms with E-state index in [4.69, 9.17) is 16.3 Å². The Bertz CT molecular complexity index is 658. The topological polar surface area (TPSA) is 38.3 Å². The molecule has 122 valence electrons. The van der Waals surface area contributed by atoms with Gasteiger partial charge in [0.25, 0.3) is 0 Å². The van der Waals surface area contributed by atoms with Crippen molar-refractivity contribution in [3.05, 3.63) is 59.1 Å². The van der Waals surface area contributed by atoms with Crippen molar-refractivity contribution in [2.24, 2.45) is 5.92 Å². The number of carbonyl (C=O) groups is 1. The Morgan fingerprint density at radius 3 is 2.52 bits per heavy atom. The Balaban J connectivity index is 2.30. The van der Waals surface area contributed by atoms with Crippen molar-refractivity contribution < 1.29 is 9.53 Å². The lowest BCUT2D eigenvalue weighted by Gasteiger charge is -2.23. The molecule has 0 heterocycles. The molecule has 0 saturated carbocycles. The molecule has 2 rings (SSSR count). The van der Waals surface area contributed by atoms with Crippen LogP contribution in [0.1, 0.15) is 31.7 Å². The molecule has 1 amide bonds. The number of anilines is 1. The molecule has 0 unspecified atom stereocenters. The van der Waals surface area contributed by atoms with Crippen LogP contribution in [0.2, 0.25) is 5.02 Å². The van der Waals surface area contributed by atoms with Crippen LogP contribution in [0.3, 0.4) is 0 Å². The standard InChI is InChI=1S/C19H22ClNO2/c1-4-13(2)18(14-8-6-5-7-9-14)19(22)21-16-12-15(20)10-11-17(16)23-3/h5-13,18H,4H2,1-3H3,(H,21,22)/t13-,18+/m1/s1. The van der Waals surface area contributed by atoms with Crippen molar-refractivity contribution in [2.75, 3.05) is 12.4 Å². The number of carbonyl (C=O) groups excluding carboxylic acids is 1. The second-order valence-corrected chi connectivity index (χ2v) is 6.04. The molecule has 0 aliphatic rings. The zero-order valence-corrected chi connectivity index (χ0v) is 14.4. The van der Waals surface area contributed by atoms with Crippen molar-refractivity contribution in [1.82, 2.24) is 0 Å². The third-order valence-electron chi connectivity index (χ3n) is 4.07. The molecule has 3 nitrogen and oxygen atoms in total. The molecule has 0 aliphatic carbocycles. The fourth-order valence-electron chi connectivity index (χ4n) is 2.62. The molecule has 2 atom stereocenters. The van der Waals surface area contributed by atoms with Gasteiger partial charge in [0.15, 0.2) is 0 Å². The summed E-state index contributed by atoms with van der Waals surface area (Å²) in [6, 6.07) is 15.0. The molecule has 2 aromatic carbocycles. The van der Waals surface area contributed by atoms with E-state index in [-0.39, 0.29) is 17.7 Å². The highest BCUT2D eigenvalue weighted by Crippen LogP contribution is 2.32. The highest BCUT2D eigenvalue weighted by atomic mass is 35.5. The van der Waals surface area contributed by atoms with Crippen LogP contribution in [-0.2, 0) is 4.79 Å². The van der Waals surface area contributed by atoms with Gasteiger partial charge in [-0.15, -0.1) is 0 Å². The summed E-state index contributed by atoms with van der Waals surface area (Å²) in [7, 11) is 1.57. The van der Waals surface area contributed by atoms with Gasteiger partial charge in [-0.25, -0.2) is 0 Å². The Morgan fingerprint density at radius 2 is 1.91 bits per heavy atom. The quantitative estimate of drug-likeness (QED) is 0.798. The van der Waals surface area contributed by atoms with E-state index < -0.39 is 0 Å². The van der Waals surface area contributed by atoms with Crippen LogP contribution < -0.4 is 10.1 Å². The lowest BCUT2D eigenvalue weighted by molar-refractivity contribution is -0.118. The van der Waals surface area contributed by atoms with Crippen LogP contribution in [0.25, 0.3) is 0 Å². The van der Waals surface area contributed by atoms with Crippen LogP contribution in [0.5, 0.6) is 5.75 Å². The summed E-state index contributed by atoms with van der Waals surface area (Å²) in [5.74, 6) is 0.553. The number of rotatable bonds is 6. The minimum absolute atomic E-state index is 0.0499. The molecule has 2 aromatic rings. The van der Waals surface area contributed by atoms with Crippen LogP contribution in [-0.4, -0.2) is 13.0 Å². The largest absolute Gasteiger partial charge is 0.495 e. The van der Waals surface area contributed by atoms with Crippen LogP contribution in [0, 0.1) is 5.92 Å². The van der Waals surface area contributed by atoms with E-state index in [1.165, 1.54) is 0 Å². The average Bonchev–Trinajstić information content (AvgIpc) is 2.56. The van der Waals surface area contributed by atoms with E-state index in [0.29, 0.717) is 16.5 Å². The summed E-state index contributed by atoms with van der Waals surface area (Å²) in [6.07, 6.45) is 0.916. The molecular formula is C19H22ClNO2. The number of halogens is 1. The van der Waals surface area contributed by atoms with Gasteiger partial charge >= 0.3 is 0 Å². The molecule has 23 heavy (non-hydrogen) atoms. The van der Waals surface area contributed by atoms with E-state index in [1.54, 1.807) is 25.3 Å². The number of benzene rings is 2. The van der Waals surface area contributed by atoms with Gasteiger partial charge in [0, 0.05) is 5.02 Å². The summed E-state index contributed by atoms with van der Waals surface area (Å²) in [4.78, 5) is 12.9. The average molecular weight is 332 g/mol. The lowest BCUT2D eigenvalue weighted by atomic mass is 9.85. The second-order valence-electron chi connectivity index (χ2n) is 5.61. The molecule has 0 fully saturated rings. The number of nitrogens with one attached hydrogen (secondary N) is 1. The van der Waals surface area contributed by atoms with Gasteiger partial charge in [-0.1, -0.05) is 62.2 Å². The summed E-state index contributed by atoms with van der Waals surface area (Å²) >= 11 is 6.04. The molecule has 0 radical (unpaired) electrons. The molecule has 0 bridgehead atoms. The van der Waals surface area contributed by atoms with Gasteiger partial charge in [0.2, 0.25) is 5.91 Å². The third kappa shape index (κ3) is 4.26. The van der Waals surface area contributed by atoms with Crippen molar-refractivity contribution >= 4 is 23.2 Å². The number of methoxy groups -OCH3 is 1. The molecule has 4 heteroatoms. The summed E-state index contributed by atoms with van der Waals surface area (Å²) < 4.78 is 5.30. The zero-order valence-electron chi connectivity index (χ0n) is 13.7. The molecule has 0 aromatic heterocycles. The SMILES string of the molecule is CC[C@@H](C)[C@H](C(=O)Nc1cc(Cl)ccc1OC)c1ccccc1. The van der Waals surface area contributed by atoms with E-state index in [1.807, 2.05) is 30.3 Å². The van der Waals surface area contributed by atoms with Crippen molar-refractivity contribution in [3.63, 3.8) is 0 Å². The van der Waals surface area contributed by atoms with Crippen molar-refractivity contribution in [1.29, 1.82) is 0 Å². The monoisotopic (exact) mass is 331 g/mol. The first-order valence-corrected chi connectivity index (χ1v) is 8.14. The van der Waals surface area contributed by atoms with Crippen LogP contribution in [0.15, 0.2) is 48.5 Å². The maximum atomic E-state index is 12.9. The van der Waals surface area contributed by atoms with Gasteiger partial charge in [-0.05, 0) is 29.7 Å². The first kappa shape index (κ1) is 17.4. The van der Waals surface area contributed by atoms with Crippen molar-refractivity contribution in [3.8, 4) is 5.75 Å². The van der Waals surface area contributed by atoms with Crippen LogP contribution >= 0.6 is 11.6 Å². The Kier molecular flexibility index (Phi) is 6.05. The first-order chi connectivity index (χ1) is 11.1. The first-order valence-electron chi connectivity index (χ1n) is 7.76. The van der Waals surface area contributed by atoms with Gasteiger partial charge < -0.3 is 10.1 Å². The van der Waals surface area contributed by atoms with Crippen LogP contribution in [0.4, 0.5) is 5.69 Å². The predicted molar refractivity (Wildman–Crippen MR) is 95.3 cm³/mol. The van der Waals surface area contributed by atoms with Gasteiger partial charge in [0.05, 0.1) is 18.7 Å². The fourth-order valence-corrected chi connectivity index (χ4v) is 2.79. The van der Waals surface area contributed by atoms with E-state index in [2.05, 4.69) is 19.2 Å². The Labute approximate surface area is 142 Å². The Morgan fingerprint density at radius 1 is 1.22 bits per heavy atom. The normalized spacial score (nSPS) is 13.2. The minimum Gasteiger partial charge on any atom is -0.495 e. The van der Waals surface area contributed by atoms with E-state index in [0.717, 1.165) is 12.0 Å². The zero-order chi connectivity index (χ0) is 16.8. The summed E-state index contributed by atoms with van der Waals surface area (Å²) in [5, 5.41) is 3.52. The van der Waals surface area contributed by atoms with Gasteiger partial charge in [0.1, 0.15) is 5.75 Å². The third-order valence-corrected chi connectivity index (χ3v) is 4.31. The van der Waals surface area contributed by atoms with Crippen molar-refractivity contribution in [2.45, 2.75) is 26.2 Å². The second kappa shape index (κ2) is 8.02. The maximum absolute atomic E-state index is 12.9. The van der Waals surface area contributed by atoms with E-state index in [9.17, 15) is 4.79 Å². The Hall–Kier alpha value is -2.00. The number of ether oxygens (including phenoxy) is 1. The predicted octanol–water partition coefficient (Wildman–Crippen LogP) is 5.12. The fraction of sp³-hybridized carbons (Fsp3) is 0.316. The number of hydrogen-bond donors (Lipinski definition) is 1. The number of hydrogen-bond acceptors (Lipinski definition) is 2. The van der Waals surface area contributed by atoms with E-state index >= 15 is 0 Å². The van der Waals surface area contributed by atoms with Gasteiger partial charge in [-0.3, -0.25) is 4.79 Å². The molecule has 0 spiro atoms. The summed E-state index contributed by atoms with van der Waals surface area (Å²) in [6.45, 7) is 4.18. The maximum Gasteiger partial charge on any atom is 0.232 e. The smallest absolute Gasteiger partial charge is 0.232 e. The molecule has 0 aliphatic heterocycles. The highest BCUT2D eigenvalue weighted by Gasteiger charge is 2.26. The lowest BCUT2D eigenvalue weighted by Crippen LogP contribution is -2.26. The number of amides is 1. The molecule has 1 N–H and O–H groups in total. The van der Waals surface area contributed by atoms with Gasteiger partial charge in [-0.2, -0.15) is 0 Å². The summed E-state index contributed by atoms with van der Waals surface area (Å²) in [5.41, 5.74) is 1.61. The minimum atomic E-state index is -0.218. The molecule has 0 saturated heterocycles.